The van der Waals surface area contributed by atoms with E-state index in [0.717, 1.165) is 12.8 Å². The Hall–Kier alpha value is -1.96. The Morgan fingerprint density at radius 3 is 2.95 bits per heavy atom. The molecule has 1 fully saturated rings. The fraction of sp³-hybridized carbons (Fsp3) is 0.667. The Labute approximate surface area is 116 Å². The number of amides is 1. The third-order valence-corrected chi connectivity index (χ3v) is 3.64. The van der Waals surface area contributed by atoms with Crippen LogP contribution in [0.1, 0.15) is 25.0 Å². The molecule has 1 saturated carbocycles. The topological polar surface area (TPSA) is 123 Å². The minimum atomic E-state index is -0.773. The van der Waals surface area contributed by atoms with Crippen LogP contribution < -0.4 is 11.1 Å². The molecule has 0 radical (unpaired) electrons. The van der Waals surface area contributed by atoms with Crippen LogP contribution in [0.4, 0.5) is 0 Å². The molecule has 8 heteroatoms. The van der Waals surface area contributed by atoms with Crippen LogP contribution in [0.2, 0.25) is 0 Å². The number of aliphatic carboxylic acids is 1. The Kier molecular flexibility index (Phi) is 4.67. The number of carbonyl (C=O) groups excluding carboxylic acids is 1. The number of nitrogens with two attached hydrogens (primary N) is 1. The van der Waals surface area contributed by atoms with Crippen molar-refractivity contribution in [1.82, 2.24) is 20.3 Å². The average molecular weight is 281 g/mol. The number of carbonyl (C=O) groups is 2. The molecule has 1 aliphatic carbocycles. The van der Waals surface area contributed by atoms with Gasteiger partial charge in [0, 0.05) is 13.1 Å². The van der Waals surface area contributed by atoms with Gasteiger partial charge in [0.05, 0.1) is 17.8 Å². The van der Waals surface area contributed by atoms with Crippen molar-refractivity contribution in [3.63, 3.8) is 0 Å². The molecule has 2 atom stereocenters. The summed E-state index contributed by atoms with van der Waals surface area (Å²) >= 11 is 0. The number of hydrogen-bond donors (Lipinski definition) is 3. The van der Waals surface area contributed by atoms with E-state index >= 15 is 0 Å². The zero-order chi connectivity index (χ0) is 14.5. The van der Waals surface area contributed by atoms with Gasteiger partial charge in [0.15, 0.2) is 0 Å². The van der Waals surface area contributed by atoms with Gasteiger partial charge < -0.3 is 16.2 Å². The first-order valence-electron chi connectivity index (χ1n) is 6.68. The molecule has 0 aliphatic heterocycles. The highest BCUT2D eigenvalue weighted by Gasteiger charge is 2.32. The molecule has 0 saturated heterocycles. The molecular weight excluding hydrogens is 262 g/mol. The molecule has 110 valence electrons. The van der Waals surface area contributed by atoms with Crippen molar-refractivity contribution in [2.24, 2.45) is 17.6 Å². The minimum absolute atomic E-state index is 0.0202. The van der Waals surface area contributed by atoms with Crippen LogP contribution in [-0.4, -0.2) is 38.5 Å². The Bertz CT molecular complexity index is 487. The number of hydrogen-bond acceptors (Lipinski definition) is 5. The minimum Gasteiger partial charge on any atom is -0.481 e. The average Bonchev–Trinajstić information content (AvgIpc) is 3.04. The van der Waals surface area contributed by atoms with E-state index in [1.165, 1.54) is 4.68 Å². The highest BCUT2D eigenvalue weighted by molar-refractivity contribution is 5.76. The van der Waals surface area contributed by atoms with Gasteiger partial charge in [-0.1, -0.05) is 11.6 Å². The molecule has 8 nitrogen and oxygen atoms in total. The summed E-state index contributed by atoms with van der Waals surface area (Å²) in [5.74, 6) is -1.29. The zero-order valence-corrected chi connectivity index (χ0v) is 11.2. The van der Waals surface area contributed by atoms with Gasteiger partial charge in [-0.15, -0.1) is 5.10 Å². The van der Waals surface area contributed by atoms with Crippen molar-refractivity contribution in [3.05, 3.63) is 11.9 Å². The van der Waals surface area contributed by atoms with Crippen molar-refractivity contribution in [2.75, 3.05) is 6.54 Å². The SMILES string of the molecule is NCc1cn(CC(=O)NCC2CCCC2C(=O)O)nn1. The van der Waals surface area contributed by atoms with Crippen LogP contribution in [0, 0.1) is 11.8 Å². The van der Waals surface area contributed by atoms with Gasteiger partial charge in [0.25, 0.3) is 0 Å². The van der Waals surface area contributed by atoms with Crippen LogP contribution in [0.15, 0.2) is 6.20 Å². The molecule has 1 amide bonds. The summed E-state index contributed by atoms with van der Waals surface area (Å²) in [6.45, 7) is 0.746. The summed E-state index contributed by atoms with van der Waals surface area (Å²) < 4.78 is 1.42. The highest BCUT2D eigenvalue weighted by Crippen LogP contribution is 2.31. The number of carboxylic acid groups (broad SMARTS) is 1. The number of rotatable bonds is 6. The molecule has 1 heterocycles. The third kappa shape index (κ3) is 3.53. The third-order valence-electron chi connectivity index (χ3n) is 3.64. The normalized spacial score (nSPS) is 21.9. The molecule has 2 rings (SSSR count). The van der Waals surface area contributed by atoms with E-state index in [1.807, 2.05) is 0 Å². The molecule has 2 unspecified atom stereocenters. The Morgan fingerprint density at radius 1 is 1.50 bits per heavy atom. The lowest BCUT2D eigenvalue weighted by Gasteiger charge is -2.16. The molecule has 1 aromatic heterocycles. The molecular formula is C12H19N5O3. The van der Waals surface area contributed by atoms with Crippen LogP contribution in [0.5, 0.6) is 0 Å². The van der Waals surface area contributed by atoms with Crippen molar-refractivity contribution >= 4 is 11.9 Å². The van der Waals surface area contributed by atoms with Gasteiger partial charge in [-0.2, -0.15) is 0 Å². The molecule has 0 aromatic carbocycles. The molecule has 1 aliphatic rings. The second kappa shape index (κ2) is 6.47. The lowest BCUT2D eigenvalue weighted by molar-refractivity contribution is -0.143. The summed E-state index contributed by atoms with van der Waals surface area (Å²) in [5, 5.41) is 19.4. The van der Waals surface area contributed by atoms with Gasteiger partial charge in [-0.25, -0.2) is 4.68 Å². The fourth-order valence-corrected chi connectivity index (χ4v) is 2.56. The predicted octanol–water partition coefficient (Wildman–Crippen LogP) is -0.646. The number of aromatic nitrogens is 3. The molecule has 20 heavy (non-hydrogen) atoms. The monoisotopic (exact) mass is 281 g/mol. The summed E-state index contributed by atoms with van der Waals surface area (Å²) in [6.07, 6.45) is 4.06. The molecule has 0 spiro atoms. The van der Waals surface area contributed by atoms with Crippen LogP contribution in [0.25, 0.3) is 0 Å². The largest absolute Gasteiger partial charge is 0.481 e. The summed E-state index contributed by atoms with van der Waals surface area (Å²) in [4.78, 5) is 22.8. The Morgan fingerprint density at radius 2 is 2.30 bits per heavy atom. The fourth-order valence-electron chi connectivity index (χ4n) is 2.56. The van der Waals surface area contributed by atoms with Gasteiger partial charge in [0.2, 0.25) is 5.91 Å². The van der Waals surface area contributed by atoms with Crippen molar-refractivity contribution in [3.8, 4) is 0 Å². The second-order valence-electron chi connectivity index (χ2n) is 5.05. The maximum Gasteiger partial charge on any atom is 0.306 e. The smallest absolute Gasteiger partial charge is 0.306 e. The highest BCUT2D eigenvalue weighted by atomic mass is 16.4. The first kappa shape index (κ1) is 14.4. The number of nitrogens with one attached hydrogen (secondary N) is 1. The zero-order valence-electron chi connectivity index (χ0n) is 11.2. The lowest BCUT2D eigenvalue weighted by Crippen LogP contribution is -2.35. The van der Waals surface area contributed by atoms with E-state index in [1.54, 1.807) is 6.20 Å². The van der Waals surface area contributed by atoms with E-state index in [4.69, 9.17) is 10.8 Å². The first-order valence-corrected chi connectivity index (χ1v) is 6.68. The van der Waals surface area contributed by atoms with Gasteiger partial charge in [0.1, 0.15) is 6.54 Å². The number of carboxylic acids is 1. The van der Waals surface area contributed by atoms with Crippen molar-refractivity contribution < 1.29 is 14.7 Å². The van der Waals surface area contributed by atoms with Gasteiger partial charge in [-0.3, -0.25) is 9.59 Å². The summed E-state index contributed by atoms with van der Waals surface area (Å²) in [6, 6.07) is 0. The maximum absolute atomic E-state index is 11.8. The standard InChI is InChI=1S/C12H19N5O3/c13-4-9-6-17(16-15-9)7-11(18)14-5-8-2-1-3-10(8)12(19)20/h6,8,10H,1-5,7,13H2,(H,14,18)(H,19,20). The van der Waals surface area contributed by atoms with Gasteiger partial charge in [-0.05, 0) is 18.8 Å². The maximum atomic E-state index is 11.8. The van der Waals surface area contributed by atoms with Crippen LogP contribution >= 0.6 is 0 Å². The van der Waals surface area contributed by atoms with E-state index < -0.39 is 5.97 Å². The van der Waals surface area contributed by atoms with Crippen LogP contribution in [-0.2, 0) is 22.7 Å². The summed E-state index contributed by atoms with van der Waals surface area (Å²) in [7, 11) is 0. The first-order chi connectivity index (χ1) is 9.60. The van der Waals surface area contributed by atoms with E-state index in [-0.39, 0.29) is 30.8 Å². The number of nitrogens with zero attached hydrogens (tertiary/aromatic N) is 3. The van der Waals surface area contributed by atoms with Crippen molar-refractivity contribution in [2.45, 2.75) is 32.4 Å². The van der Waals surface area contributed by atoms with E-state index in [9.17, 15) is 9.59 Å². The second-order valence-corrected chi connectivity index (χ2v) is 5.05. The summed E-state index contributed by atoms with van der Waals surface area (Å²) in [5.41, 5.74) is 6.03. The molecule has 0 bridgehead atoms. The lowest BCUT2D eigenvalue weighted by atomic mass is 9.96. The quantitative estimate of drug-likeness (QED) is 0.637. The molecule has 1 aromatic rings. The van der Waals surface area contributed by atoms with E-state index in [0.29, 0.717) is 18.7 Å². The van der Waals surface area contributed by atoms with Gasteiger partial charge >= 0.3 is 5.97 Å². The van der Waals surface area contributed by atoms with Crippen LogP contribution in [0.3, 0.4) is 0 Å². The van der Waals surface area contributed by atoms with Crippen molar-refractivity contribution in [1.29, 1.82) is 0 Å². The van der Waals surface area contributed by atoms with E-state index in [2.05, 4.69) is 15.6 Å². The Balaban J connectivity index is 1.78. The predicted molar refractivity (Wildman–Crippen MR) is 69.4 cm³/mol. The molecule has 4 N–H and O–H groups in total.